The van der Waals surface area contributed by atoms with Gasteiger partial charge in [0.2, 0.25) is 11.2 Å². The van der Waals surface area contributed by atoms with Crippen LogP contribution in [0.15, 0.2) is 48.5 Å². The minimum absolute atomic E-state index is 0.758. The maximum atomic E-state index is 2.60. The third-order valence-electron chi connectivity index (χ3n) is 7.39. The molecule has 0 atom stereocenters. The van der Waals surface area contributed by atoms with Gasteiger partial charge in [0.1, 0.15) is 7.05 Å². The Morgan fingerprint density at radius 2 is 1.46 bits per heavy atom. The lowest BCUT2D eigenvalue weighted by Gasteiger charge is -2.18. The summed E-state index contributed by atoms with van der Waals surface area (Å²) in [6, 6.07) is 18.6. The summed E-state index contributed by atoms with van der Waals surface area (Å²) in [5.41, 5.74) is 8.67. The SMILES string of the molecule is Cc1ccccc1-c1ccc2c(C3CCCC3)cc(C3CCCC3)cc2[n+]1C. The second-order valence-corrected chi connectivity index (χ2v) is 9.10. The van der Waals surface area contributed by atoms with E-state index in [0.717, 1.165) is 11.8 Å². The van der Waals surface area contributed by atoms with Crippen molar-refractivity contribution in [1.82, 2.24) is 0 Å². The van der Waals surface area contributed by atoms with Crippen LogP contribution in [0.4, 0.5) is 0 Å². The number of aromatic nitrogens is 1. The van der Waals surface area contributed by atoms with Crippen molar-refractivity contribution in [2.24, 2.45) is 7.05 Å². The van der Waals surface area contributed by atoms with Gasteiger partial charge in [0, 0.05) is 23.1 Å². The first-order valence-electron chi connectivity index (χ1n) is 11.2. The van der Waals surface area contributed by atoms with E-state index in [4.69, 9.17) is 0 Å². The van der Waals surface area contributed by atoms with E-state index in [2.05, 4.69) is 67.1 Å². The number of hydrogen-bond donors (Lipinski definition) is 0. The van der Waals surface area contributed by atoms with Crippen molar-refractivity contribution >= 4 is 10.9 Å². The first-order chi connectivity index (χ1) is 13.7. The number of hydrogen-bond acceptors (Lipinski definition) is 0. The van der Waals surface area contributed by atoms with E-state index in [1.54, 1.807) is 11.1 Å². The summed E-state index contributed by atoms with van der Waals surface area (Å²) in [7, 11) is 2.26. The van der Waals surface area contributed by atoms with Crippen LogP contribution in [-0.2, 0) is 7.05 Å². The molecule has 5 rings (SSSR count). The molecule has 2 fully saturated rings. The van der Waals surface area contributed by atoms with Gasteiger partial charge in [-0.3, -0.25) is 0 Å². The topological polar surface area (TPSA) is 3.88 Å². The molecule has 0 aliphatic heterocycles. The molecule has 0 radical (unpaired) electrons. The van der Waals surface area contributed by atoms with Gasteiger partial charge in [-0.1, -0.05) is 49.9 Å². The number of benzene rings is 2. The molecule has 2 aromatic carbocycles. The number of pyridine rings is 1. The fourth-order valence-electron chi connectivity index (χ4n) is 5.75. The van der Waals surface area contributed by atoms with Crippen molar-refractivity contribution in [3.05, 3.63) is 65.2 Å². The molecular weight excluding hydrogens is 338 g/mol. The van der Waals surface area contributed by atoms with Crippen molar-refractivity contribution in [1.29, 1.82) is 0 Å². The largest absolute Gasteiger partial charge is 0.213 e. The van der Waals surface area contributed by atoms with Crippen LogP contribution in [0.5, 0.6) is 0 Å². The zero-order chi connectivity index (χ0) is 19.1. The van der Waals surface area contributed by atoms with Gasteiger partial charge in [-0.2, -0.15) is 4.57 Å². The molecule has 144 valence electrons. The molecule has 2 aliphatic carbocycles. The van der Waals surface area contributed by atoms with E-state index >= 15 is 0 Å². The highest BCUT2D eigenvalue weighted by atomic mass is 14.9. The third kappa shape index (κ3) is 3.05. The van der Waals surface area contributed by atoms with Crippen molar-refractivity contribution in [3.8, 4) is 11.3 Å². The molecule has 0 unspecified atom stereocenters. The Hall–Kier alpha value is -2.15. The Morgan fingerprint density at radius 3 is 2.18 bits per heavy atom. The zero-order valence-electron chi connectivity index (χ0n) is 17.4. The van der Waals surface area contributed by atoms with E-state index in [9.17, 15) is 0 Å². The highest BCUT2D eigenvalue weighted by molar-refractivity contribution is 5.83. The molecule has 0 N–H and O–H groups in total. The Bertz CT molecular complexity index is 1000. The predicted octanol–water partition coefficient (Wildman–Crippen LogP) is 6.95. The minimum Gasteiger partial charge on any atom is -0.194 e. The summed E-state index contributed by atoms with van der Waals surface area (Å²) in [4.78, 5) is 0. The quantitative estimate of drug-likeness (QED) is 0.439. The molecule has 0 spiro atoms. The monoisotopic (exact) mass is 370 g/mol. The van der Waals surface area contributed by atoms with E-state index in [0.29, 0.717) is 0 Å². The molecule has 0 saturated heterocycles. The van der Waals surface area contributed by atoms with E-state index < -0.39 is 0 Å². The van der Waals surface area contributed by atoms with Gasteiger partial charge >= 0.3 is 0 Å². The van der Waals surface area contributed by atoms with Crippen LogP contribution in [-0.4, -0.2) is 0 Å². The second-order valence-electron chi connectivity index (χ2n) is 9.10. The Morgan fingerprint density at radius 1 is 0.786 bits per heavy atom. The minimum atomic E-state index is 0.758. The van der Waals surface area contributed by atoms with Crippen LogP contribution in [0.2, 0.25) is 0 Å². The van der Waals surface area contributed by atoms with Gasteiger partial charge < -0.3 is 0 Å². The molecule has 1 heteroatoms. The van der Waals surface area contributed by atoms with E-state index in [1.807, 2.05) is 0 Å². The van der Waals surface area contributed by atoms with Crippen LogP contribution in [0.25, 0.3) is 22.2 Å². The lowest BCUT2D eigenvalue weighted by molar-refractivity contribution is -0.633. The standard InChI is InChI=1S/C27H32N/c1-19-9-3-8-14-23(19)26-16-15-24-25(21-12-6-7-13-21)17-22(18-27(24)28(26)2)20-10-4-5-11-20/h3,8-9,14-18,20-21H,4-7,10-13H2,1-2H3/q+1. The Labute approximate surface area is 169 Å². The molecule has 1 aromatic heterocycles. The first-order valence-corrected chi connectivity index (χ1v) is 11.2. The van der Waals surface area contributed by atoms with E-state index in [-0.39, 0.29) is 0 Å². The summed E-state index contributed by atoms with van der Waals surface area (Å²) < 4.78 is 2.45. The average Bonchev–Trinajstić information content (AvgIpc) is 3.43. The maximum absolute atomic E-state index is 2.60. The summed E-state index contributed by atoms with van der Waals surface area (Å²) in [5, 5.41) is 1.48. The molecular formula is C27H32N+. The molecule has 1 nitrogen and oxygen atoms in total. The molecule has 2 aliphatic rings. The molecule has 0 bridgehead atoms. The summed E-state index contributed by atoms with van der Waals surface area (Å²) in [6.45, 7) is 2.22. The fraction of sp³-hybridized carbons (Fsp3) is 0.444. The van der Waals surface area contributed by atoms with Gasteiger partial charge in [0.25, 0.3) is 0 Å². The van der Waals surface area contributed by atoms with Gasteiger partial charge in [-0.05, 0) is 73.3 Å². The van der Waals surface area contributed by atoms with Crippen LogP contribution >= 0.6 is 0 Å². The molecule has 28 heavy (non-hydrogen) atoms. The smallest absolute Gasteiger partial charge is 0.194 e. The van der Waals surface area contributed by atoms with Crippen LogP contribution in [0.3, 0.4) is 0 Å². The highest BCUT2D eigenvalue weighted by Crippen LogP contribution is 2.41. The fourth-order valence-corrected chi connectivity index (χ4v) is 5.75. The predicted molar refractivity (Wildman–Crippen MR) is 118 cm³/mol. The molecule has 0 amide bonds. The van der Waals surface area contributed by atoms with Crippen molar-refractivity contribution in [2.45, 2.75) is 70.1 Å². The van der Waals surface area contributed by atoms with Gasteiger partial charge in [-0.25, -0.2) is 0 Å². The van der Waals surface area contributed by atoms with E-state index in [1.165, 1.54) is 79.1 Å². The average molecular weight is 371 g/mol. The highest BCUT2D eigenvalue weighted by Gasteiger charge is 2.26. The Kier molecular flexibility index (Phi) is 4.70. The number of rotatable bonds is 3. The lowest BCUT2D eigenvalue weighted by atomic mass is 9.87. The van der Waals surface area contributed by atoms with Gasteiger partial charge in [0.15, 0.2) is 0 Å². The summed E-state index contributed by atoms with van der Waals surface area (Å²) in [6.07, 6.45) is 11.1. The molecule has 1 heterocycles. The second kappa shape index (κ2) is 7.35. The normalized spacial score (nSPS) is 18.4. The number of nitrogens with zero attached hydrogens (tertiary/aromatic N) is 1. The lowest BCUT2D eigenvalue weighted by Crippen LogP contribution is -2.32. The summed E-state index contributed by atoms with van der Waals surface area (Å²) in [5.74, 6) is 1.53. The number of fused-ring (bicyclic) bond motifs is 1. The zero-order valence-corrected chi connectivity index (χ0v) is 17.4. The van der Waals surface area contributed by atoms with Crippen LogP contribution in [0.1, 0.15) is 79.9 Å². The maximum Gasteiger partial charge on any atom is 0.213 e. The number of aryl methyl sites for hydroxylation is 2. The van der Waals surface area contributed by atoms with Crippen molar-refractivity contribution < 1.29 is 4.57 Å². The van der Waals surface area contributed by atoms with Crippen molar-refractivity contribution in [2.75, 3.05) is 0 Å². The first kappa shape index (κ1) is 17.9. The summed E-state index contributed by atoms with van der Waals surface area (Å²) >= 11 is 0. The van der Waals surface area contributed by atoms with Crippen LogP contribution in [0, 0.1) is 6.92 Å². The van der Waals surface area contributed by atoms with Crippen molar-refractivity contribution in [3.63, 3.8) is 0 Å². The molecule has 2 saturated carbocycles. The Balaban J connectivity index is 1.73. The third-order valence-corrected chi connectivity index (χ3v) is 7.39. The molecule has 3 aromatic rings. The van der Waals surface area contributed by atoms with Crippen LogP contribution < -0.4 is 4.57 Å². The van der Waals surface area contributed by atoms with Gasteiger partial charge in [-0.15, -0.1) is 0 Å². The van der Waals surface area contributed by atoms with Gasteiger partial charge in [0.05, 0.1) is 0 Å².